The lowest BCUT2D eigenvalue weighted by molar-refractivity contribution is -0.0297. The second kappa shape index (κ2) is 9.27. The van der Waals surface area contributed by atoms with Gasteiger partial charge in [0.25, 0.3) is 0 Å². The zero-order chi connectivity index (χ0) is 21.1. The molecule has 1 aliphatic heterocycles. The second-order valence-corrected chi connectivity index (χ2v) is 8.82. The van der Waals surface area contributed by atoms with Gasteiger partial charge in [0.05, 0.1) is 6.61 Å². The molecule has 1 N–H and O–H groups in total. The summed E-state index contributed by atoms with van der Waals surface area (Å²) < 4.78 is 11.9. The summed E-state index contributed by atoms with van der Waals surface area (Å²) >= 11 is 5.71. The number of thiocarbonyl (C=S) groups is 1. The van der Waals surface area contributed by atoms with E-state index in [0.29, 0.717) is 31.7 Å². The Balaban J connectivity index is 1.29. The van der Waals surface area contributed by atoms with Crippen molar-refractivity contribution < 1.29 is 9.47 Å². The van der Waals surface area contributed by atoms with Crippen LogP contribution in [0.1, 0.15) is 42.4 Å². The molecule has 2 aromatic rings. The normalized spacial score (nSPS) is 19.1. The number of nitrogens with zero attached hydrogens (tertiary/aromatic N) is 3. The van der Waals surface area contributed by atoms with Gasteiger partial charge in [0.1, 0.15) is 18.5 Å². The summed E-state index contributed by atoms with van der Waals surface area (Å²) in [6.45, 7) is 8.72. The maximum Gasteiger partial charge on any atom is 0.216 e. The summed E-state index contributed by atoms with van der Waals surface area (Å²) in [5.74, 6) is 1.68. The highest BCUT2D eigenvalue weighted by atomic mass is 32.1. The van der Waals surface area contributed by atoms with Gasteiger partial charge < -0.3 is 19.7 Å². The molecule has 7 heteroatoms. The van der Waals surface area contributed by atoms with Gasteiger partial charge in [-0.05, 0) is 43.1 Å². The number of nitrogens with one attached hydrogen (secondary N) is 1. The first-order valence-electron chi connectivity index (χ1n) is 10.7. The molecule has 1 aromatic heterocycles. The van der Waals surface area contributed by atoms with Gasteiger partial charge in [0, 0.05) is 36.8 Å². The van der Waals surface area contributed by atoms with Crippen molar-refractivity contribution in [3.05, 3.63) is 53.0 Å². The van der Waals surface area contributed by atoms with E-state index < -0.39 is 0 Å². The van der Waals surface area contributed by atoms with Crippen molar-refractivity contribution in [2.45, 2.75) is 51.7 Å². The highest BCUT2D eigenvalue weighted by Gasteiger charge is 2.26. The lowest BCUT2D eigenvalue weighted by Gasteiger charge is -2.35. The molecule has 30 heavy (non-hydrogen) atoms. The number of morpholine rings is 1. The minimum absolute atomic E-state index is 0.0444. The molecule has 1 aromatic carbocycles. The number of hydrogen-bond donors (Lipinski definition) is 1. The molecular formula is C23H30N4O2S. The smallest absolute Gasteiger partial charge is 0.216 e. The molecule has 4 rings (SSSR count). The quantitative estimate of drug-likeness (QED) is 0.738. The Morgan fingerprint density at radius 3 is 2.70 bits per heavy atom. The average molecular weight is 427 g/mol. The molecule has 1 atom stereocenters. The molecule has 0 saturated carbocycles. The van der Waals surface area contributed by atoms with E-state index in [1.54, 1.807) is 0 Å². The molecule has 0 spiro atoms. The molecule has 1 saturated heterocycles. The number of fused-ring (bicyclic) bond motifs is 1. The Bertz CT molecular complexity index is 880. The molecule has 6 nitrogen and oxygen atoms in total. The zero-order valence-electron chi connectivity index (χ0n) is 17.9. The number of aryl methyl sites for hydroxylation is 1. The maximum atomic E-state index is 5.95. The maximum absolute atomic E-state index is 5.95. The number of aromatic nitrogens is 2. The Kier molecular flexibility index (Phi) is 6.49. The third-order valence-electron chi connectivity index (χ3n) is 5.59. The summed E-state index contributed by atoms with van der Waals surface area (Å²) in [5.41, 5.74) is 3.76. The van der Waals surface area contributed by atoms with Crippen LogP contribution in [0.25, 0.3) is 0 Å². The van der Waals surface area contributed by atoms with E-state index in [0.717, 1.165) is 36.0 Å². The first-order valence-corrected chi connectivity index (χ1v) is 11.1. The molecule has 0 amide bonds. The first kappa shape index (κ1) is 21.0. The van der Waals surface area contributed by atoms with Crippen LogP contribution in [0.3, 0.4) is 0 Å². The first-order chi connectivity index (χ1) is 14.5. The Morgan fingerprint density at radius 2 is 2.00 bits per heavy atom. The lowest BCUT2D eigenvalue weighted by Crippen LogP contribution is -2.53. The van der Waals surface area contributed by atoms with Gasteiger partial charge in [-0.25, -0.2) is 4.98 Å². The summed E-state index contributed by atoms with van der Waals surface area (Å²) in [5, 5.41) is 4.36. The average Bonchev–Trinajstić information content (AvgIpc) is 3.14. The molecule has 1 fully saturated rings. The third kappa shape index (κ3) is 5.08. The van der Waals surface area contributed by atoms with Crippen LogP contribution < -0.4 is 10.1 Å². The minimum Gasteiger partial charge on any atom is -0.475 e. The van der Waals surface area contributed by atoms with Crippen molar-refractivity contribution in [2.75, 3.05) is 26.3 Å². The predicted octanol–water partition coefficient (Wildman–Crippen LogP) is 3.03. The number of ether oxygens (including phenoxy) is 2. The van der Waals surface area contributed by atoms with E-state index >= 15 is 0 Å². The van der Waals surface area contributed by atoms with E-state index in [9.17, 15) is 0 Å². The fourth-order valence-electron chi connectivity index (χ4n) is 4.00. The number of benzene rings is 1. The van der Waals surface area contributed by atoms with Gasteiger partial charge >= 0.3 is 0 Å². The molecule has 2 heterocycles. The van der Waals surface area contributed by atoms with Gasteiger partial charge in [-0.3, -0.25) is 0 Å². The van der Waals surface area contributed by atoms with Crippen LogP contribution in [0.5, 0.6) is 5.88 Å². The van der Waals surface area contributed by atoms with Gasteiger partial charge in [-0.1, -0.05) is 38.1 Å². The van der Waals surface area contributed by atoms with Crippen LogP contribution in [0.2, 0.25) is 0 Å². The van der Waals surface area contributed by atoms with Gasteiger partial charge in [-0.15, -0.1) is 0 Å². The Hall–Kier alpha value is -2.25. The topological polar surface area (TPSA) is 59.5 Å². The van der Waals surface area contributed by atoms with Crippen molar-refractivity contribution in [3.8, 4) is 5.88 Å². The van der Waals surface area contributed by atoms with Crippen LogP contribution in [0.4, 0.5) is 0 Å². The largest absolute Gasteiger partial charge is 0.475 e. The van der Waals surface area contributed by atoms with Crippen molar-refractivity contribution in [3.63, 3.8) is 0 Å². The van der Waals surface area contributed by atoms with E-state index in [1.807, 2.05) is 13.0 Å². The molecule has 2 aliphatic rings. The van der Waals surface area contributed by atoms with Crippen LogP contribution in [-0.4, -0.2) is 58.4 Å². The molecule has 1 aliphatic carbocycles. The highest BCUT2D eigenvalue weighted by molar-refractivity contribution is 7.80. The third-order valence-corrected chi connectivity index (χ3v) is 5.96. The van der Waals surface area contributed by atoms with E-state index in [-0.39, 0.29) is 12.0 Å². The lowest BCUT2D eigenvalue weighted by atomic mass is 10.1. The summed E-state index contributed by atoms with van der Waals surface area (Å²) in [4.78, 5) is 11.2. The molecule has 0 radical (unpaired) electrons. The van der Waals surface area contributed by atoms with Crippen molar-refractivity contribution in [1.29, 1.82) is 0 Å². The SMILES string of the molecule is Cc1cc(OCC2CN(C(=S)NC3Cc4ccccc4C3)CCO2)nc(C(C)C)n1. The van der Waals surface area contributed by atoms with Gasteiger partial charge in [0.15, 0.2) is 5.11 Å². The summed E-state index contributed by atoms with van der Waals surface area (Å²) in [7, 11) is 0. The van der Waals surface area contributed by atoms with Gasteiger partial charge in [-0.2, -0.15) is 4.98 Å². The Labute approximate surface area is 184 Å². The van der Waals surface area contributed by atoms with Crippen LogP contribution >= 0.6 is 12.2 Å². The van der Waals surface area contributed by atoms with E-state index in [2.05, 4.69) is 58.3 Å². The van der Waals surface area contributed by atoms with Gasteiger partial charge in [0.2, 0.25) is 5.88 Å². The molecule has 1 unspecified atom stereocenters. The highest BCUT2D eigenvalue weighted by Crippen LogP contribution is 2.22. The fourth-order valence-corrected chi connectivity index (χ4v) is 4.34. The minimum atomic E-state index is -0.0444. The van der Waals surface area contributed by atoms with E-state index in [4.69, 9.17) is 21.7 Å². The van der Waals surface area contributed by atoms with Crippen molar-refractivity contribution in [1.82, 2.24) is 20.2 Å². The van der Waals surface area contributed by atoms with Crippen molar-refractivity contribution in [2.24, 2.45) is 0 Å². The van der Waals surface area contributed by atoms with Crippen LogP contribution in [-0.2, 0) is 17.6 Å². The standard InChI is InChI=1S/C23H30N4O2S/c1-15(2)22-24-16(3)10-21(26-22)29-14-20-13-27(8-9-28-20)23(30)25-19-11-17-6-4-5-7-18(17)12-19/h4-7,10,15,19-20H,8-9,11-14H2,1-3H3,(H,25,30). The van der Waals surface area contributed by atoms with Crippen LogP contribution in [0, 0.1) is 6.92 Å². The molecule has 160 valence electrons. The second-order valence-electron chi connectivity index (χ2n) is 8.43. The summed E-state index contributed by atoms with van der Waals surface area (Å²) in [6, 6.07) is 10.9. The number of rotatable bonds is 5. The zero-order valence-corrected chi connectivity index (χ0v) is 18.7. The van der Waals surface area contributed by atoms with E-state index in [1.165, 1.54) is 11.1 Å². The molecule has 0 bridgehead atoms. The van der Waals surface area contributed by atoms with Crippen molar-refractivity contribution >= 4 is 17.3 Å². The predicted molar refractivity (Wildman–Crippen MR) is 121 cm³/mol. The Morgan fingerprint density at radius 1 is 1.27 bits per heavy atom. The summed E-state index contributed by atoms with van der Waals surface area (Å²) in [6.07, 6.45) is 2.01. The fraction of sp³-hybridized carbons (Fsp3) is 0.522. The van der Waals surface area contributed by atoms with Crippen LogP contribution in [0.15, 0.2) is 30.3 Å². The number of hydrogen-bond acceptors (Lipinski definition) is 5. The molecular weight excluding hydrogens is 396 g/mol. The monoisotopic (exact) mass is 426 g/mol.